The molecule has 1 amide bonds. The molecular weight excluding hydrogens is 332 g/mol. The monoisotopic (exact) mass is 352 g/mol. The van der Waals surface area contributed by atoms with Crippen molar-refractivity contribution in [3.63, 3.8) is 0 Å². The van der Waals surface area contributed by atoms with Crippen molar-refractivity contribution in [1.29, 1.82) is 0 Å². The predicted octanol–water partition coefficient (Wildman–Crippen LogP) is 3.18. The van der Waals surface area contributed by atoms with Crippen LogP contribution in [-0.2, 0) is 22.4 Å². The van der Waals surface area contributed by atoms with Gasteiger partial charge in [0, 0.05) is 22.5 Å². The summed E-state index contributed by atoms with van der Waals surface area (Å²) in [6.45, 7) is 0. The van der Waals surface area contributed by atoms with Crippen molar-refractivity contribution < 1.29 is 19.1 Å². The Bertz CT molecular complexity index is 940. The van der Waals surface area contributed by atoms with Gasteiger partial charge in [0.25, 0.3) is 5.91 Å². The summed E-state index contributed by atoms with van der Waals surface area (Å²) >= 11 is 0. The third-order valence-electron chi connectivity index (χ3n) is 4.99. The van der Waals surface area contributed by atoms with Gasteiger partial charge in [-0.3, -0.25) is 4.79 Å². The number of aromatic nitrogens is 1. The zero-order valence-electron chi connectivity index (χ0n) is 14.8. The molecular formula is C20H20N2O4. The van der Waals surface area contributed by atoms with Crippen LogP contribution in [0.2, 0.25) is 0 Å². The fraction of sp³-hybridized carbons (Fsp3) is 0.300. The van der Waals surface area contributed by atoms with Gasteiger partial charge in [0.05, 0.1) is 31.1 Å². The molecule has 1 aromatic carbocycles. The molecule has 26 heavy (non-hydrogen) atoms. The quantitative estimate of drug-likeness (QED) is 0.657. The molecule has 4 rings (SSSR count). The molecule has 1 aliphatic carbocycles. The molecule has 2 N–H and O–H groups in total. The van der Waals surface area contributed by atoms with Crippen LogP contribution in [0.3, 0.4) is 0 Å². The van der Waals surface area contributed by atoms with E-state index in [2.05, 4.69) is 10.3 Å². The Labute approximate surface area is 151 Å². The Kier molecular flexibility index (Phi) is 4.03. The first-order valence-electron chi connectivity index (χ1n) is 8.66. The number of amides is 1. The van der Waals surface area contributed by atoms with E-state index < -0.39 is 5.97 Å². The molecule has 0 fully saturated rings. The summed E-state index contributed by atoms with van der Waals surface area (Å²) in [7, 11) is 2.99. The van der Waals surface area contributed by atoms with E-state index in [1.165, 1.54) is 18.4 Å². The Morgan fingerprint density at radius 1 is 1.19 bits per heavy atom. The molecule has 0 radical (unpaired) electrons. The molecule has 2 aliphatic rings. The summed E-state index contributed by atoms with van der Waals surface area (Å²) < 4.78 is 10.4. The largest absolute Gasteiger partial charge is 0.494 e. The molecule has 6 nitrogen and oxygen atoms in total. The lowest BCUT2D eigenvalue weighted by Gasteiger charge is -2.11. The zero-order chi connectivity index (χ0) is 18.3. The van der Waals surface area contributed by atoms with Gasteiger partial charge >= 0.3 is 5.97 Å². The topological polar surface area (TPSA) is 80.4 Å². The highest BCUT2D eigenvalue weighted by Crippen LogP contribution is 2.38. The van der Waals surface area contributed by atoms with E-state index in [9.17, 15) is 9.59 Å². The second-order valence-electron chi connectivity index (χ2n) is 6.50. The highest BCUT2D eigenvalue weighted by Gasteiger charge is 2.27. The van der Waals surface area contributed by atoms with Gasteiger partial charge in [-0.25, -0.2) is 4.79 Å². The number of fused-ring (bicyclic) bond motifs is 2. The molecule has 0 bridgehead atoms. The maximum Gasteiger partial charge on any atom is 0.337 e. The van der Waals surface area contributed by atoms with Crippen LogP contribution < -0.4 is 10.1 Å². The van der Waals surface area contributed by atoms with Crippen molar-refractivity contribution in [2.45, 2.75) is 25.7 Å². The summed E-state index contributed by atoms with van der Waals surface area (Å²) in [6, 6.07) is 5.04. The van der Waals surface area contributed by atoms with E-state index >= 15 is 0 Å². The van der Waals surface area contributed by atoms with Gasteiger partial charge in [-0.15, -0.1) is 0 Å². The number of rotatable bonds is 3. The average molecular weight is 352 g/mol. The molecule has 0 saturated carbocycles. The van der Waals surface area contributed by atoms with Gasteiger partial charge in [-0.05, 0) is 50.0 Å². The van der Waals surface area contributed by atoms with E-state index in [-0.39, 0.29) is 5.91 Å². The van der Waals surface area contributed by atoms with E-state index in [4.69, 9.17) is 9.47 Å². The smallest absolute Gasteiger partial charge is 0.337 e. The fourth-order valence-electron chi connectivity index (χ4n) is 3.73. The number of hydrogen-bond acceptors (Lipinski definition) is 4. The molecule has 1 aromatic heterocycles. The van der Waals surface area contributed by atoms with Crippen LogP contribution in [0.25, 0.3) is 11.6 Å². The summed E-state index contributed by atoms with van der Waals surface area (Å²) in [6.07, 6.45) is 6.07. The van der Waals surface area contributed by atoms with Crippen LogP contribution in [-0.4, -0.2) is 31.1 Å². The Balaban J connectivity index is 1.81. The minimum Gasteiger partial charge on any atom is -0.494 e. The predicted molar refractivity (Wildman–Crippen MR) is 98.3 cm³/mol. The molecule has 0 saturated heterocycles. The molecule has 6 heteroatoms. The van der Waals surface area contributed by atoms with E-state index in [0.29, 0.717) is 22.4 Å². The van der Waals surface area contributed by atoms with Crippen molar-refractivity contribution in [2.75, 3.05) is 19.5 Å². The Hall–Kier alpha value is -3.02. The molecule has 0 atom stereocenters. The van der Waals surface area contributed by atoms with Crippen molar-refractivity contribution in [2.24, 2.45) is 0 Å². The van der Waals surface area contributed by atoms with E-state index in [0.717, 1.165) is 37.1 Å². The number of ether oxygens (including phenoxy) is 2. The van der Waals surface area contributed by atoms with Gasteiger partial charge in [0.2, 0.25) is 0 Å². The van der Waals surface area contributed by atoms with E-state index in [1.54, 1.807) is 31.4 Å². The SMILES string of the molecule is COC(=O)c1ccc2c(c1)C(=Cc1[nH]c3c(c1OC)CCCC3)C(=O)N2. The van der Waals surface area contributed by atoms with E-state index in [1.807, 2.05) is 0 Å². The van der Waals surface area contributed by atoms with Crippen molar-refractivity contribution in [3.05, 3.63) is 46.3 Å². The summed E-state index contributed by atoms with van der Waals surface area (Å²) in [5.41, 5.74) is 5.46. The number of methoxy groups -OCH3 is 2. The summed E-state index contributed by atoms with van der Waals surface area (Å²) in [5.74, 6) is 0.175. The Morgan fingerprint density at radius 2 is 2.00 bits per heavy atom. The minimum absolute atomic E-state index is 0.198. The molecule has 2 heterocycles. The number of H-pyrrole nitrogens is 1. The van der Waals surface area contributed by atoms with Crippen LogP contribution in [0.15, 0.2) is 18.2 Å². The number of carbonyl (C=O) groups is 2. The standard InChI is InChI=1S/C20H20N2O4/c1-25-18-12-5-3-4-6-15(12)21-17(18)10-14-13-9-11(20(24)26-2)7-8-16(13)22-19(14)23/h7-10,21H,3-6H2,1-2H3,(H,22,23). The van der Waals surface area contributed by atoms with Crippen molar-refractivity contribution in [1.82, 2.24) is 4.98 Å². The highest BCUT2D eigenvalue weighted by molar-refractivity contribution is 6.35. The zero-order valence-corrected chi connectivity index (χ0v) is 14.8. The Morgan fingerprint density at radius 3 is 2.77 bits per heavy atom. The van der Waals surface area contributed by atoms with Crippen molar-refractivity contribution >= 4 is 29.2 Å². The van der Waals surface area contributed by atoms with Crippen LogP contribution in [0.4, 0.5) is 5.69 Å². The molecule has 1 aliphatic heterocycles. The molecule has 134 valence electrons. The lowest BCUT2D eigenvalue weighted by atomic mass is 9.97. The van der Waals surface area contributed by atoms with Gasteiger partial charge in [0.1, 0.15) is 5.75 Å². The van der Waals surface area contributed by atoms with Gasteiger partial charge in [-0.1, -0.05) is 0 Å². The second-order valence-corrected chi connectivity index (χ2v) is 6.50. The van der Waals surface area contributed by atoms with Gasteiger partial charge < -0.3 is 19.8 Å². The lowest BCUT2D eigenvalue weighted by molar-refractivity contribution is -0.110. The van der Waals surface area contributed by atoms with Gasteiger partial charge in [0.15, 0.2) is 0 Å². The fourth-order valence-corrected chi connectivity index (χ4v) is 3.73. The van der Waals surface area contributed by atoms with Crippen LogP contribution in [0.5, 0.6) is 5.75 Å². The summed E-state index contributed by atoms with van der Waals surface area (Å²) in [5, 5.41) is 2.84. The van der Waals surface area contributed by atoms with Crippen LogP contribution in [0.1, 0.15) is 45.7 Å². The molecule has 0 spiro atoms. The minimum atomic E-state index is -0.431. The normalized spacial score (nSPS) is 16.8. The highest BCUT2D eigenvalue weighted by atomic mass is 16.5. The average Bonchev–Trinajstić information content (AvgIpc) is 3.17. The first kappa shape index (κ1) is 16.4. The maximum atomic E-state index is 12.5. The first-order chi connectivity index (χ1) is 12.6. The molecule has 2 aromatic rings. The number of nitrogens with one attached hydrogen (secondary N) is 2. The molecule has 0 unspecified atom stereocenters. The number of aromatic amines is 1. The van der Waals surface area contributed by atoms with Crippen LogP contribution >= 0.6 is 0 Å². The van der Waals surface area contributed by atoms with Crippen molar-refractivity contribution in [3.8, 4) is 5.75 Å². The van der Waals surface area contributed by atoms with Gasteiger partial charge in [-0.2, -0.15) is 0 Å². The number of anilines is 1. The number of aryl methyl sites for hydroxylation is 1. The first-order valence-corrected chi connectivity index (χ1v) is 8.66. The third kappa shape index (κ3) is 2.58. The maximum absolute atomic E-state index is 12.5. The number of esters is 1. The number of hydrogen-bond donors (Lipinski definition) is 2. The third-order valence-corrected chi connectivity index (χ3v) is 4.99. The van der Waals surface area contributed by atoms with Crippen LogP contribution in [0, 0.1) is 0 Å². The number of benzene rings is 1. The lowest BCUT2D eigenvalue weighted by Crippen LogP contribution is -2.03. The summed E-state index contributed by atoms with van der Waals surface area (Å²) in [4.78, 5) is 27.7. The second kappa shape index (κ2) is 6.37. The number of carbonyl (C=O) groups excluding carboxylic acids is 2.